The highest BCUT2D eigenvalue weighted by Crippen LogP contribution is 2.49. The van der Waals surface area contributed by atoms with E-state index >= 15 is 0 Å². The van der Waals surface area contributed by atoms with Crippen LogP contribution in [0.4, 0.5) is 0 Å². The molecule has 10 heteroatoms. The second-order valence-corrected chi connectivity index (χ2v) is 12.7. The van der Waals surface area contributed by atoms with Gasteiger partial charge in [-0.05, 0) is 96.5 Å². The zero-order chi connectivity index (χ0) is 32.1. The molecule has 4 aliphatic heterocycles. The van der Waals surface area contributed by atoms with Crippen LogP contribution in [-0.4, -0.2) is 37.7 Å². The molecule has 0 aromatic heterocycles. The fraction of sp³-hybridized carbons (Fsp3) is 0.324. The topological polar surface area (TPSA) is 111 Å². The molecule has 4 aromatic rings. The lowest BCUT2D eigenvalue weighted by molar-refractivity contribution is -0.158. The minimum Gasteiger partial charge on any atom is -0.476 e. The number of carbonyl (C=O) groups is 1. The summed E-state index contributed by atoms with van der Waals surface area (Å²) in [6, 6.07) is 8.48. The quantitative estimate of drug-likeness (QED) is 0.237. The van der Waals surface area contributed by atoms with Gasteiger partial charge >= 0.3 is 12.3 Å². The Balaban J connectivity index is 1.37. The minimum atomic E-state index is -1.60. The molecule has 9 rings (SSSR count). The molecule has 0 unspecified atom stereocenters. The van der Waals surface area contributed by atoms with Gasteiger partial charge in [-0.2, -0.15) is 0 Å². The Morgan fingerprint density at radius 1 is 0.468 bits per heavy atom. The summed E-state index contributed by atoms with van der Waals surface area (Å²) in [5.74, 6) is 3.75. The Labute approximate surface area is 270 Å². The molecule has 5 aliphatic rings. The molecule has 8 bridgehead atoms. The monoisotopic (exact) mass is 636 g/mol. The lowest BCUT2D eigenvalue weighted by Gasteiger charge is -2.31. The molecule has 0 spiro atoms. The van der Waals surface area contributed by atoms with Crippen molar-refractivity contribution in [3.63, 3.8) is 0 Å². The molecule has 240 valence electrons. The lowest BCUT2D eigenvalue weighted by atomic mass is 9.87. The number of carboxylic acids is 1. The SMILES string of the molecule is Cc1c2c3cc4c1OCOc1c(cc5c(c1C)OC(C(=O)O)Oc1c(cc6c(c1C)OCOc1c(cc(c(c1C)OCO2)C3)C6)C5)C4. The van der Waals surface area contributed by atoms with E-state index in [1.165, 1.54) is 0 Å². The highest BCUT2D eigenvalue weighted by molar-refractivity contribution is 5.73. The van der Waals surface area contributed by atoms with Crippen molar-refractivity contribution in [1.82, 2.24) is 0 Å². The molecule has 0 radical (unpaired) electrons. The maximum Gasteiger partial charge on any atom is 0.387 e. The average Bonchev–Trinajstić information content (AvgIpc) is 2.98. The van der Waals surface area contributed by atoms with Crippen LogP contribution in [0.25, 0.3) is 0 Å². The number of aliphatic carboxylic acids is 1. The van der Waals surface area contributed by atoms with Crippen LogP contribution in [0.3, 0.4) is 0 Å². The van der Waals surface area contributed by atoms with Crippen molar-refractivity contribution in [2.45, 2.75) is 59.7 Å². The summed E-state index contributed by atoms with van der Waals surface area (Å²) in [5, 5.41) is 10.2. The van der Waals surface area contributed by atoms with Crippen LogP contribution in [0.15, 0.2) is 24.3 Å². The number of carboxylic acid groups (broad SMARTS) is 1. The van der Waals surface area contributed by atoms with Crippen LogP contribution in [0.1, 0.15) is 66.8 Å². The number of benzene rings is 4. The van der Waals surface area contributed by atoms with Crippen molar-refractivity contribution in [2.24, 2.45) is 0 Å². The van der Waals surface area contributed by atoms with Crippen LogP contribution in [0.5, 0.6) is 46.0 Å². The second-order valence-electron chi connectivity index (χ2n) is 12.7. The summed E-state index contributed by atoms with van der Waals surface area (Å²) in [7, 11) is 0. The first kappa shape index (κ1) is 28.0. The molecule has 1 aliphatic carbocycles. The average molecular weight is 637 g/mol. The molecule has 0 saturated heterocycles. The third-order valence-electron chi connectivity index (χ3n) is 9.85. The standard InChI is InChI=1S/C37H32O10/c1-16-28-20-5-21-7-23-9-25-11-27-12-26-10-24-8-22(6-20)30(16)42-14-44-32(24)18(3)34(26)46-37(36(38)39)47-35(27)19(4)33(25)45-15-43-31(23)17(2)29(21)41-13-40-28/h6-7,10-11,37H,5,8-9,12-15H2,1-4H3,(H,38,39). The summed E-state index contributed by atoms with van der Waals surface area (Å²) in [5.41, 5.74) is 10.8. The first-order valence-electron chi connectivity index (χ1n) is 15.7. The third-order valence-corrected chi connectivity index (χ3v) is 9.85. The van der Waals surface area contributed by atoms with Crippen molar-refractivity contribution >= 4 is 5.97 Å². The van der Waals surface area contributed by atoms with Gasteiger partial charge in [-0.1, -0.05) is 0 Å². The van der Waals surface area contributed by atoms with Crippen LogP contribution >= 0.6 is 0 Å². The zero-order valence-electron chi connectivity index (χ0n) is 26.5. The van der Waals surface area contributed by atoms with E-state index in [1.54, 1.807) is 0 Å². The van der Waals surface area contributed by atoms with Crippen molar-refractivity contribution < 1.29 is 47.8 Å². The largest absolute Gasteiger partial charge is 0.476 e. The van der Waals surface area contributed by atoms with Crippen LogP contribution in [0, 0.1) is 27.7 Å². The number of ether oxygens (including phenoxy) is 8. The fourth-order valence-electron chi connectivity index (χ4n) is 7.89. The summed E-state index contributed by atoms with van der Waals surface area (Å²) in [6.07, 6.45) is 0.483. The number of rotatable bonds is 1. The maximum atomic E-state index is 12.5. The molecule has 4 heterocycles. The van der Waals surface area contributed by atoms with Gasteiger partial charge in [0.1, 0.15) is 46.0 Å². The van der Waals surface area contributed by atoms with E-state index in [0.29, 0.717) is 59.8 Å². The van der Waals surface area contributed by atoms with Gasteiger partial charge in [0.15, 0.2) is 0 Å². The molecular weight excluding hydrogens is 604 g/mol. The van der Waals surface area contributed by atoms with Gasteiger partial charge in [-0.3, -0.25) is 0 Å². The van der Waals surface area contributed by atoms with E-state index in [0.717, 1.165) is 78.6 Å². The summed E-state index contributed by atoms with van der Waals surface area (Å²) in [4.78, 5) is 12.5. The van der Waals surface area contributed by atoms with Gasteiger partial charge in [0.25, 0.3) is 0 Å². The third kappa shape index (κ3) is 4.20. The van der Waals surface area contributed by atoms with E-state index in [-0.39, 0.29) is 20.4 Å². The highest BCUT2D eigenvalue weighted by atomic mass is 16.7. The first-order valence-corrected chi connectivity index (χ1v) is 15.7. The smallest absolute Gasteiger partial charge is 0.387 e. The number of hydrogen-bond donors (Lipinski definition) is 1. The molecule has 1 N–H and O–H groups in total. The molecule has 0 saturated carbocycles. The Morgan fingerprint density at radius 3 is 0.957 bits per heavy atom. The van der Waals surface area contributed by atoms with E-state index in [9.17, 15) is 9.90 Å². The molecule has 47 heavy (non-hydrogen) atoms. The molecule has 4 aromatic carbocycles. The van der Waals surface area contributed by atoms with Crippen LogP contribution < -0.4 is 37.9 Å². The summed E-state index contributed by atoms with van der Waals surface area (Å²) < 4.78 is 49.8. The predicted molar refractivity (Wildman–Crippen MR) is 167 cm³/mol. The van der Waals surface area contributed by atoms with Crippen LogP contribution in [-0.2, 0) is 30.5 Å². The maximum absolute atomic E-state index is 12.5. The molecular formula is C37H32O10. The predicted octanol–water partition coefficient (Wildman–Crippen LogP) is 5.96. The van der Waals surface area contributed by atoms with Gasteiger partial charge < -0.3 is 43.0 Å². The van der Waals surface area contributed by atoms with Crippen molar-refractivity contribution in [2.75, 3.05) is 20.4 Å². The van der Waals surface area contributed by atoms with E-state index in [1.807, 2.05) is 27.7 Å². The fourth-order valence-corrected chi connectivity index (χ4v) is 7.89. The first-order chi connectivity index (χ1) is 22.7. The molecule has 0 fully saturated rings. The Kier molecular flexibility index (Phi) is 6.03. The molecule has 0 amide bonds. The van der Waals surface area contributed by atoms with Crippen molar-refractivity contribution in [1.29, 1.82) is 0 Å². The zero-order valence-corrected chi connectivity index (χ0v) is 26.5. The van der Waals surface area contributed by atoms with Gasteiger partial charge in [0.05, 0.1) is 0 Å². The van der Waals surface area contributed by atoms with Gasteiger partial charge in [0, 0.05) is 47.9 Å². The van der Waals surface area contributed by atoms with E-state index < -0.39 is 12.3 Å². The Hall–Kier alpha value is -5.25. The Bertz CT molecular complexity index is 1930. The van der Waals surface area contributed by atoms with Crippen molar-refractivity contribution in [3.05, 3.63) is 91.0 Å². The highest BCUT2D eigenvalue weighted by Gasteiger charge is 2.34. The molecule has 10 nitrogen and oxygen atoms in total. The second kappa shape index (κ2) is 10.1. The lowest BCUT2D eigenvalue weighted by Crippen LogP contribution is -2.35. The summed E-state index contributed by atoms with van der Waals surface area (Å²) in [6.45, 7) is 7.72. The molecule has 0 atom stereocenters. The van der Waals surface area contributed by atoms with E-state index in [4.69, 9.17) is 37.9 Å². The van der Waals surface area contributed by atoms with Gasteiger partial charge in [-0.15, -0.1) is 0 Å². The number of hydrogen-bond acceptors (Lipinski definition) is 9. The van der Waals surface area contributed by atoms with Gasteiger partial charge in [0.2, 0.25) is 20.4 Å². The van der Waals surface area contributed by atoms with Gasteiger partial charge in [-0.25, -0.2) is 4.79 Å². The normalized spacial score (nSPS) is 16.5. The Morgan fingerprint density at radius 2 is 0.702 bits per heavy atom. The minimum absolute atomic E-state index is 0.0337. The van der Waals surface area contributed by atoms with Crippen molar-refractivity contribution in [3.8, 4) is 46.0 Å². The van der Waals surface area contributed by atoms with E-state index in [2.05, 4.69) is 24.3 Å². The summed E-state index contributed by atoms with van der Waals surface area (Å²) >= 11 is 0. The van der Waals surface area contributed by atoms with Crippen LogP contribution in [0.2, 0.25) is 0 Å².